The molecule has 0 aliphatic carbocycles. The summed E-state index contributed by atoms with van der Waals surface area (Å²) in [4.78, 5) is 28.5. The van der Waals surface area contributed by atoms with Gasteiger partial charge in [-0.25, -0.2) is 0 Å². The first kappa shape index (κ1) is 15.1. The monoisotopic (exact) mass is 287 g/mol. The molecule has 0 radical (unpaired) electrons. The molecule has 21 heavy (non-hydrogen) atoms. The van der Waals surface area contributed by atoms with E-state index in [1.807, 2.05) is 24.0 Å². The van der Waals surface area contributed by atoms with Crippen LogP contribution in [0, 0.1) is 0 Å². The van der Waals surface area contributed by atoms with Crippen LogP contribution in [0.1, 0.15) is 30.3 Å². The SMILES string of the molecule is C/C=C/C=C\C(=O)N1CCC(NC(=O)c2ccc[nH]2)CC1. The number of hydrogen-bond donors (Lipinski definition) is 2. The summed E-state index contributed by atoms with van der Waals surface area (Å²) in [6, 6.07) is 3.68. The number of hydrogen-bond acceptors (Lipinski definition) is 2. The van der Waals surface area contributed by atoms with Crippen LogP contribution >= 0.6 is 0 Å². The summed E-state index contributed by atoms with van der Waals surface area (Å²) in [5.74, 6) is -0.0556. The van der Waals surface area contributed by atoms with E-state index < -0.39 is 0 Å². The van der Waals surface area contributed by atoms with Crippen molar-refractivity contribution in [1.82, 2.24) is 15.2 Å². The predicted octanol–water partition coefficient (Wildman–Crippen LogP) is 1.87. The van der Waals surface area contributed by atoms with Gasteiger partial charge in [0, 0.05) is 31.4 Å². The Morgan fingerprint density at radius 3 is 2.71 bits per heavy atom. The molecule has 0 aromatic carbocycles. The van der Waals surface area contributed by atoms with E-state index in [0.29, 0.717) is 18.8 Å². The number of piperidine rings is 1. The van der Waals surface area contributed by atoms with Crippen LogP contribution in [0.5, 0.6) is 0 Å². The van der Waals surface area contributed by atoms with Crippen LogP contribution in [0.2, 0.25) is 0 Å². The topological polar surface area (TPSA) is 65.2 Å². The van der Waals surface area contributed by atoms with Crippen LogP contribution < -0.4 is 5.32 Å². The molecule has 1 aromatic rings. The fraction of sp³-hybridized carbons (Fsp3) is 0.375. The molecular formula is C16H21N3O2. The molecule has 1 fully saturated rings. The number of aromatic nitrogens is 1. The lowest BCUT2D eigenvalue weighted by atomic mass is 10.0. The number of nitrogens with zero attached hydrogens (tertiary/aromatic N) is 1. The maximum atomic E-state index is 11.9. The molecule has 1 aromatic heterocycles. The van der Waals surface area contributed by atoms with Gasteiger partial charge in [-0.2, -0.15) is 0 Å². The van der Waals surface area contributed by atoms with Crippen molar-refractivity contribution in [3.63, 3.8) is 0 Å². The normalized spacial score (nSPS) is 16.7. The van der Waals surface area contributed by atoms with Crippen molar-refractivity contribution in [3.05, 3.63) is 48.3 Å². The lowest BCUT2D eigenvalue weighted by Gasteiger charge is -2.31. The van der Waals surface area contributed by atoms with E-state index in [-0.39, 0.29) is 17.9 Å². The molecule has 0 atom stereocenters. The highest BCUT2D eigenvalue weighted by molar-refractivity contribution is 5.92. The molecule has 1 aliphatic heterocycles. The zero-order valence-electron chi connectivity index (χ0n) is 12.2. The lowest BCUT2D eigenvalue weighted by Crippen LogP contribution is -2.46. The van der Waals surface area contributed by atoms with Crippen molar-refractivity contribution < 1.29 is 9.59 Å². The largest absolute Gasteiger partial charge is 0.357 e. The van der Waals surface area contributed by atoms with Crippen LogP contribution in [0.4, 0.5) is 0 Å². The number of carbonyl (C=O) groups excluding carboxylic acids is 2. The van der Waals surface area contributed by atoms with Crippen molar-refractivity contribution in [1.29, 1.82) is 0 Å². The summed E-state index contributed by atoms with van der Waals surface area (Å²) in [6.07, 6.45) is 10.4. The number of amides is 2. The van der Waals surface area contributed by atoms with Gasteiger partial charge in [-0.05, 0) is 31.9 Å². The lowest BCUT2D eigenvalue weighted by molar-refractivity contribution is -0.127. The Balaban J connectivity index is 1.78. The molecule has 112 valence electrons. The van der Waals surface area contributed by atoms with Crippen molar-refractivity contribution in [3.8, 4) is 0 Å². The van der Waals surface area contributed by atoms with Gasteiger partial charge in [0.25, 0.3) is 5.91 Å². The van der Waals surface area contributed by atoms with Gasteiger partial charge < -0.3 is 15.2 Å². The first-order valence-corrected chi connectivity index (χ1v) is 7.23. The van der Waals surface area contributed by atoms with Gasteiger partial charge in [-0.3, -0.25) is 9.59 Å². The Hall–Kier alpha value is -2.30. The van der Waals surface area contributed by atoms with Gasteiger partial charge in [-0.1, -0.05) is 18.2 Å². The van der Waals surface area contributed by atoms with Crippen molar-refractivity contribution in [2.24, 2.45) is 0 Å². The molecule has 1 saturated heterocycles. The van der Waals surface area contributed by atoms with Gasteiger partial charge in [0.05, 0.1) is 0 Å². The van der Waals surface area contributed by atoms with Crippen molar-refractivity contribution in [2.45, 2.75) is 25.8 Å². The van der Waals surface area contributed by atoms with Gasteiger partial charge in [0.15, 0.2) is 0 Å². The average molecular weight is 287 g/mol. The maximum absolute atomic E-state index is 11.9. The molecular weight excluding hydrogens is 266 g/mol. The second-order valence-electron chi connectivity index (χ2n) is 5.04. The molecule has 0 saturated carbocycles. The predicted molar refractivity (Wildman–Crippen MR) is 81.8 cm³/mol. The molecule has 2 heterocycles. The molecule has 2 N–H and O–H groups in total. The first-order chi connectivity index (χ1) is 10.2. The number of carbonyl (C=O) groups is 2. The molecule has 2 amide bonds. The van der Waals surface area contributed by atoms with Gasteiger partial charge in [0.2, 0.25) is 5.91 Å². The first-order valence-electron chi connectivity index (χ1n) is 7.23. The highest BCUT2D eigenvalue weighted by atomic mass is 16.2. The fourth-order valence-electron chi connectivity index (χ4n) is 2.33. The molecule has 0 bridgehead atoms. The van der Waals surface area contributed by atoms with Crippen LogP contribution in [-0.2, 0) is 4.79 Å². The number of H-pyrrole nitrogens is 1. The third-order valence-corrected chi connectivity index (χ3v) is 3.53. The van der Waals surface area contributed by atoms with E-state index in [1.165, 1.54) is 0 Å². The van der Waals surface area contributed by atoms with E-state index in [9.17, 15) is 9.59 Å². The van der Waals surface area contributed by atoms with Gasteiger partial charge in [0.1, 0.15) is 5.69 Å². The number of likely N-dealkylation sites (tertiary alicyclic amines) is 1. The maximum Gasteiger partial charge on any atom is 0.267 e. The molecule has 5 heteroatoms. The fourth-order valence-corrected chi connectivity index (χ4v) is 2.33. The standard InChI is InChI=1S/C16H21N3O2/c1-2-3-4-7-15(20)19-11-8-13(9-12-19)18-16(21)14-6-5-10-17-14/h2-7,10,13,17H,8-9,11-12H2,1H3,(H,18,21)/b3-2+,7-4-. The van der Waals surface area contributed by atoms with Crippen LogP contribution in [-0.4, -0.2) is 40.8 Å². The minimum Gasteiger partial charge on any atom is -0.357 e. The molecule has 2 rings (SSSR count). The third kappa shape index (κ3) is 4.34. The summed E-state index contributed by atoms with van der Waals surface area (Å²) in [6.45, 7) is 3.26. The summed E-state index contributed by atoms with van der Waals surface area (Å²) in [7, 11) is 0. The summed E-state index contributed by atoms with van der Waals surface area (Å²) >= 11 is 0. The molecule has 5 nitrogen and oxygen atoms in total. The smallest absolute Gasteiger partial charge is 0.267 e. The van der Waals surface area contributed by atoms with Crippen LogP contribution in [0.3, 0.4) is 0 Å². The van der Waals surface area contributed by atoms with E-state index in [0.717, 1.165) is 12.8 Å². The second-order valence-corrected chi connectivity index (χ2v) is 5.04. The minimum atomic E-state index is -0.0854. The van der Waals surface area contributed by atoms with Gasteiger partial charge >= 0.3 is 0 Å². The Kier molecular flexibility index (Phi) is 5.37. The highest BCUT2D eigenvalue weighted by Gasteiger charge is 2.23. The zero-order chi connectivity index (χ0) is 15.1. The Bertz CT molecular complexity index is 524. The third-order valence-electron chi connectivity index (χ3n) is 3.53. The summed E-state index contributed by atoms with van der Waals surface area (Å²) in [5, 5.41) is 3.00. The van der Waals surface area contributed by atoms with Gasteiger partial charge in [-0.15, -0.1) is 0 Å². The Labute approximate surface area is 124 Å². The van der Waals surface area contributed by atoms with Crippen LogP contribution in [0.15, 0.2) is 42.6 Å². The Morgan fingerprint density at radius 2 is 2.10 bits per heavy atom. The van der Waals surface area contributed by atoms with Crippen molar-refractivity contribution in [2.75, 3.05) is 13.1 Å². The van der Waals surface area contributed by atoms with E-state index in [2.05, 4.69) is 10.3 Å². The average Bonchev–Trinajstić information content (AvgIpc) is 3.02. The van der Waals surface area contributed by atoms with E-state index in [4.69, 9.17) is 0 Å². The Morgan fingerprint density at radius 1 is 1.33 bits per heavy atom. The second kappa shape index (κ2) is 7.47. The number of aromatic amines is 1. The summed E-state index contributed by atoms with van der Waals surface area (Å²) < 4.78 is 0. The van der Waals surface area contributed by atoms with Crippen molar-refractivity contribution >= 4 is 11.8 Å². The highest BCUT2D eigenvalue weighted by Crippen LogP contribution is 2.11. The zero-order valence-corrected chi connectivity index (χ0v) is 12.2. The van der Waals surface area contributed by atoms with Crippen LogP contribution in [0.25, 0.3) is 0 Å². The number of allylic oxidation sites excluding steroid dienone is 3. The molecule has 0 spiro atoms. The molecule has 0 unspecified atom stereocenters. The summed E-state index contributed by atoms with van der Waals surface area (Å²) in [5.41, 5.74) is 0.572. The molecule has 1 aliphatic rings. The van der Waals surface area contributed by atoms with E-state index >= 15 is 0 Å². The number of rotatable bonds is 4. The number of nitrogens with one attached hydrogen (secondary N) is 2. The minimum absolute atomic E-state index is 0.0299. The quantitative estimate of drug-likeness (QED) is 0.656. The van der Waals surface area contributed by atoms with E-state index in [1.54, 1.807) is 30.5 Å².